The Bertz CT molecular complexity index is 446. The minimum atomic E-state index is -0.383. The second-order valence-electron chi connectivity index (χ2n) is 4.90. The molecule has 1 atom stereocenters. The van der Waals surface area contributed by atoms with E-state index < -0.39 is 0 Å². The molecule has 0 aliphatic heterocycles. The van der Waals surface area contributed by atoms with Crippen molar-refractivity contribution in [1.29, 1.82) is 5.26 Å². The van der Waals surface area contributed by atoms with E-state index >= 15 is 0 Å². The quantitative estimate of drug-likeness (QED) is 0.808. The van der Waals surface area contributed by atoms with Crippen LogP contribution in [0.4, 0.5) is 4.39 Å². The molecular weight excluding hydrogens is 229 g/mol. The van der Waals surface area contributed by atoms with Crippen LogP contribution in [0.2, 0.25) is 0 Å². The van der Waals surface area contributed by atoms with Crippen LogP contribution in [0, 0.1) is 23.1 Å². The largest absolute Gasteiger partial charge is 0.494 e. The van der Waals surface area contributed by atoms with Gasteiger partial charge in [0.15, 0.2) is 11.6 Å². The van der Waals surface area contributed by atoms with E-state index in [0.29, 0.717) is 5.92 Å². The summed E-state index contributed by atoms with van der Waals surface area (Å²) in [6.45, 7) is 0. The summed E-state index contributed by atoms with van der Waals surface area (Å²) in [6.07, 6.45) is 5.77. The molecule has 0 saturated heterocycles. The molecular formula is C15H18FNO. The summed E-state index contributed by atoms with van der Waals surface area (Å²) in [5.41, 5.74) is 0.780. The SMILES string of the molecule is COc1ccc(C(C#N)C2CCCCC2)cc1F. The molecule has 0 radical (unpaired) electrons. The van der Waals surface area contributed by atoms with E-state index in [4.69, 9.17) is 4.74 Å². The fourth-order valence-corrected chi connectivity index (χ4v) is 2.80. The molecule has 96 valence electrons. The normalized spacial score (nSPS) is 18.1. The molecule has 1 saturated carbocycles. The van der Waals surface area contributed by atoms with Crippen LogP contribution in [0.5, 0.6) is 5.75 Å². The number of hydrogen-bond donors (Lipinski definition) is 0. The van der Waals surface area contributed by atoms with Crippen LogP contribution in [0.1, 0.15) is 43.6 Å². The van der Waals surface area contributed by atoms with Gasteiger partial charge >= 0.3 is 0 Å². The van der Waals surface area contributed by atoms with Gasteiger partial charge in [-0.1, -0.05) is 25.3 Å². The minimum absolute atomic E-state index is 0.189. The fourth-order valence-electron chi connectivity index (χ4n) is 2.80. The summed E-state index contributed by atoms with van der Waals surface area (Å²) in [5.74, 6) is 0.0346. The number of methoxy groups -OCH3 is 1. The van der Waals surface area contributed by atoms with Crippen LogP contribution in [0.3, 0.4) is 0 Å². The summed E-state index contributed by atoms with van der Waals surface area (Å²) < 4.78 is 18.6. The van der Waals surface area contributed by atoms with Gasteiger partial charge in [-0.2, -0.15) is 5.26 Å². The smallest absolute Gasteiger partial charge is 0.165 e. The first-order valence-corrected chi connectivity index (χ1v) is 6.49. The first kappa shape index (κ1) is 12.9. The third-order valence-electron chi connectivity index (χ3n) is 3.80. The lowest BCUT2D eigenvalue weighted by molar-refractivity contribution is 0.334. The van der Waals surface area contributed by atoms with Crippen LogP contribution < -0.4 is 4.74 Å². The monoisotopic (exact) mass is 247 g/mol. The van der Waals surface area contributed by atoms with Gasteiger partial charge in [0, 0.05) is 0 Å². The maximum absolute atomic E-state index is 13.7. The van der Waals surface area contributed by atoms with E-state index in [1.165, 1.54) is 32.4 Å². The third-order valence-corrected chi connectivity index (χ3v) is 3.80. The summed E-state index contributed by atoms with van der Waals surface area (Å²) in [6, 6.07) is 7.21. The molecule has 2 rings (SSSR count). The molecule has 1 aliphatic rings. The van der Waals surface area contributed by atoms with Crippen LogP contribution in [-0.4, -0.2) is 7.11 Å². The highest BCUT2D eigenvalue weighted by molar-refractivity contribution is 5.34. The lowest BCUT2D eigenvalue weighted by Crippen LogP contribution is -2.15. The van der Waals surface area contributed by atoms with Crippen molar-refractivity contribution in [3.63, 3.8) is 0 Å². The van der Waals surface area contributed by atoms with Gasteiger partial charge in [-0.3, -0.25) is 0 Å². The van der Waals surface area contributed by atoms with Crippen molar-refractivity contribution >= 4 is 0 Å². The topological polar surface area (TPSA) is 33.0 Å². The number of nitriles is 1. The highest BCUT2D eigenvalue weighted by atomic mass is 19.1. The summed E-state index contributed by atoms with van der Waals surface area (Å²) in [5, 5.41) is 9.35. The van der Waals surface area contributed by atoms with Crippen LogP contribution in [0.15, 0.2) is 18.2 Å². The number of rotatable bonds is 3. The molecule has 1 unspecified atom stereocenters. The Hall–Kier alpha value is -1.56. The van der Waals surface area contributed by atoms with Gasteiger partial charge in [-0.15, -0.1) is 0 Å². The Morgan fingerprint density at radius 1 is 1.33 bits per heavy atom. The average molecular weight is 247 g/mol. The van der Waals surface area contributed by atoms with E-state index in [2.05, 4.69) is 6.07 Å². The molecule has 0 aromatic heterocycles. The van der Waals surface area contributed by atoms with Gasteiger partial charge in [-0.05, 0) is 36.5 Å². The Labute approximate surface area is 107 Å². The van der Waals surface area contributed by atoms with Gasteiger partial charge in [0.2, 0.25) is 0 Å². The zero-order chi connectivity index (χ0) is 13.0. The van der Waals surface area contributed by atoms with E-state index in [0.717, 1.165) is 18.4 Å². The Morgan fingerprint density at radius 3 is 2.61 bits per heavy atom. The molecule has 1 aromatic carbocycles. The van der Waals surface area contributed by atoms with Crippen molar-refractivity contribution in [2.75, 3.05) is 7.11 Å². The maximum Gasteiger partial charge on any atom is 0.165 e. The molecule has 18 heavy (non-hydrogen) atoms. The van der Waals surface area contributed by atoms with Crippen molar-refractivity contribution in [3.8, 4) is 11.8 Å². The summed E-state index contributed by atoms with van der Waals surface area (Å²) >= 11 is 0. The van der Waals surface area contributed by atoms with Crippen molar-refractivity contribution in [1.82, 2.24) is 0 Å². The van der Waals surface area contributed by atoms with E-state index in [9.17, 15) is 9.65 Å². The van der Waals surface area contributed by atoms with Crippen LogP contribution in [0.25, 0.3) is 0 Å². The molecule has 0 N–H and O–H groups in total. The molecule has 1 aromatic rings. The number of nitrogens with zero attached hydrogens (tertiary/aromatic N) is 1. The molecule has 1 aliphatic carbocycles. The fraction of sp³-hybridized carbons (Fsp3) is 0.533. The highest BCUT2D eigenvalue weighted by Crippen LogP contribution is 2.36. The predicted octanol–water partition coefficient (Wildman–Crippen LogP) is 4.02. The Balaban J connectivity index is 2.22. The summed E-state index contributed by atoms with van der Waals surface area (Å²) in [4.78, 5) is 0. The third kappa shape index (κ3) is 2.64. The standard InChI is InChI=1S/C15H18FNO/c1-18-15-8-7-12(9-14(15)16)13(10-17)11-5-3-2-4-6-11/h7-9,11,13H,2-6H2,1H3. The zero-order valence-electron chi connectivity index (χ0n) is 10.7. The molecule has 0 heterocycles. The van der Waals surface area contributed by atoms with E-state index in [1.54, 1.807) is 6.07 Å². The van der Waals surface area contributed by atoms with Gasteiger partial charge < -0.3 is 4.74 Å². The number of halogens is 1. The van der Waals surface area contributed by atoms with Gasteiger partial charge in [0.25, 0.3) is 0 Å². The Morgan fingerprint density at radius 2 is 2.06 bits per heavy atom. The molecule has 3 heteroatoms. The zero-order valence-corrected chi connectivity index (χ0v) is 10.7. The number of benzene rings is 1. The second-order valence-corrected chi connectivity index (χ2v) is 4.90. The van der Waals surface area contributed by atoms with Gasteiger partial charge in [0.1, 0.15) is 0 Å². The average Bonchev–Trinajstić information content (AvgIpc) is 2.41. The predicted molar refractivity (Wildman–Crippen MR) is 67.9 cm³/mol. The van der Waals surface area contributed by atoms with Crippen molar-refractivity contribution in [2.45, 2.75) is 38.0 Å². The lowest BCUT2D eigenvalue weighted by atomic mass is 9.77. The Kier molecular flexibility index (Phi) is 4.19. The first-order chi connectivity index (χ1) is 8.76. The van der Waals surface area contributed by atoms with Gasteiger partial charge in [-0.25, -0.2) is 4.39 Å². The van der Waals surface area contributed by atoms with E-state index in [1.807, 2.05) is 6.07 Å². The number of ether oxygens (including phenoxy) is 1. The van der Waals surface area contributed by atoms with E-state index in [-0.39, 0.29) is 17.5 Å². The van der Waals surface area contributed by atoms with Crippen LogP contribution in [-0.2, 0) is 0 Å². The van der Waals surface area contributed by atoms with Crippen molar-refractivity contribution in [3.05, 3.63) is 29.6 Å². The number of hydrogen-bond acceptors (Lipinski definition) is 2. The van der Waals surface area contributed by atoms with Crippen molar-refractivity contribution in [2.24, 2.45) is 5.92 Å². The maximum atomic E-state index is 13.7. The first-order valence-electron chi connectivity index (χ1n) is 6.49. The second kappa shape index (κ2) is 5.86. The molecule has 2 nitrogen and oxygen atoms in total. The minimum Gasteiger partial charge on any atom is -0.494 e. The molecule has 1 fully saturated rings. The van der Waals surface area contributed by atoms with Crippen LogP contribution >= 0.6 is 0 Å². The molecule has 0 bridgehead atoms. The lowest BCUT2D eigenvalue weighted by Gasteiger charge is -2.26. The molecule has 0 amide bonds. The van der Waals surface area contributed by atoms with Crippen molar-refractivity contribution < 1.29 is 9.13 Å². The highest BCUT2D eigenvalue weighted by Gasteiger charge is 2.25. The van der Waals surface area contributed by atoms with Gasteiger partial charge in [0.05, 0.1) is 19.1 Å². The molecule has 0 spiro atoms. The summed E-state index contributed by atoms with van der Waals surface area (Å²) in [7, 11) is 1.45.